The number of carbonyl (C=O) groups is 2. The van der Waals surface area contributed by atoms with E-state index in [4.69, 9.17) is 5.26 Å². The van der Waals surface area contributed by atoms with Gasteiger partial charge in [0.25, 0.3) is 0 Å². The van der Waals surface area contributed by atoms with Crippen LogP contribution in [0.4, 0.5) is 0 Å². The fourth-order valence-electron chi connectivity index (χ4n) is 8.07. The third-order valence-electron chi connectivity index (χ3n) is 10.1. The number of rotatable bonds is 10. The van der Waals surface area contributed by atoms with E-state index in [1.807, 2.05) is 6.08 Å². The highest BCUT2D eigenvalue weighted by molar-refractivity contribution is 5.93. The van der Waals surface area contributed by atoms with Crippen LogP contribution < -0.4 is 0 Å². The van der Waals surface area contributed by atoms with Gasteiger partial charge in [0, 0.05) is 30.6 Å². The fraction of sp³-hybridized carbons (Fsp3) is 0.618. The highest BCUT2D eigenvalue weighted by Crippen LogP contribution is 2.62. The van der Waals surface area contributed by atoms with E-state index < -0.39 is 0 Å². The maximum atomic E-state index is 13.1. The van der Waals surface area contributed by atoms with Crippen molar-refractivity contribution in [2.24, 2.45) is 17.3 Å². The molecule has 37 heavy (non-hydrogen) atoms. The molecule has 0 heterocycles. The van der Waals surface area contributed by atoms with Crippen LogP contribution in [0, 0.1) is 28.6 Å². The number of aryl methyl sites for hydroxylation is 1. The van der Waals surface area contributed by atoms with E-state index in [0.717, 1.165) is 51.4 Å². The monoisotopic (exact) mass is 497 g/mol. The second kappa shape index (κ2) is 11.5. The fourth-order valence-corrected chi connectivity index (χ4v) is 8.07. The van der Waals surface area contributed by atoms with Crippen LogP contribution in [-0.4, -0.2) is 11.6 Å². The quantitative estimate of drug-likeness (QED) is 0.305. The van der Waals surface area contributed by atoms with Crippen LogP contribution in [0.2, 0.25) is 0 Å². The third kappa shape index (κ3) is 5.41. The molecule has 3 heteroatoms. The van der Waals surface area contributed by atoms with Gasteiger partial charge in [0.15, 0.2) is 5.78 Å². The molecular formula is C34H43NO2. The molecule has 1 aromatic carbocycles. The summed E-state index contributed by atoms with van der Waals surface area (Å²) >= 11 is 0. The molecule has 4 aliphatic rings. The summed E-state index contributed by atoms with van der Waals surface area (Å²) in [4.78, 5) is 25.3. The van der Waals surface area contributed by atoms with E-state index in [0.29, 0.717) is 36.4 Å². The Labute approximate surface area is 223 Å². The van der Waals surface area contributed by atoms with Crippen LogP contribution in [0.5, 0.6) is 0 Å². The zero-order valence-electron chi connectivity index (χ0n) is 22.7. The average molecular weight is 498 g/mol. The van der Waals surface area contributed by atoms with Gasteiger partial charge in [-0.3, -0.25) is 9.59 Å². The Morgan fingerprint density at radius 3 is 2.38 bits per heavy atom. The highest BCUT2D eigenvalue weighted by Gasteiger charge is 2.56. The van der Waals surface area contributed by atoms with Gasteiger partial charge in [-0.2, -0.15) is 5.26 Å². The van der Waals surface area contributed by atoms with Crippen molar-refractivity contribution in [2.45, 2.75) is 116 Å². The molecule has 3 nitrogen and oxygen atoms in total. The number of fused-ring (bicyclic) bond motifs is 4. The molecule has 0 N–H and O–H groups in total. The summed E-state index contributed by atoms with van der Waals surface area (Å²) in [6.07, 6.45) is 18.7. The maximum absolute atomic E-state index is 13.1. The summed E-state index contributed by atoms with van der Waals surface area (Å²) in [7, 11) is 0. The Kier molecular flexibility index (Phi) is 8.13. The van der Waals surface area contributed by atoms with Crippen LogP contribution in [0.15, 0.2) is 47.1 Å². The number of benzene rings is 1. The minimum atomic E-state index is -0.196. The summed E-state index contributed by atoms with van der Waals surface area (Å²) < 4.78 is 0. The molecule has 0 amide bonds. The van der Waals surface area contributed by atoms with Gasteiger partial charge in [0.2, 0.25) is 0 Å². The highest BCUT2D eigenvalue weighted by atomic mass is 16.1. The Morgan fingerprint density at radius 2 is 1.62 bits per heavy atom. The number of unbranched alkanes of at least 4 members (excludes halogenated alkanes) is 7. The van der Waals surface area contributed by atoms with Gasteiger partial charge in [-0.25, -0.2) is 0 Å². The number of nitrogens with zero attached hydrogens (tertiary/aromatic N) is 1. The number of ketones is 2. The zero-order chi connectivity index (χ0) is 25.8. The first kappa shape index (κ1) is 26.1. The van der Waals surface area contributed by atoms with E-state index in [9.17, 15) is 9.59 Å². The molecule has 0 saturated heterocycles. The number of hydrogen-bond donors (Lipinski definition) is 0. The molecule has 1 aromatic rings. The summed E-state index contributed by atoms with van der Waals surface area (Å²) in [6.45, 7) is 2.26. The van der Waals surface area contributed by atoms with E-state index in [1.54, 1.807) is 5.57 Å². The summed E-state index contributed by atoms with van der Waals surface area (Å²) in [5, 5.41) is 8.62. The molecule has 0 bridgehead atoms. The molecule has 2 saturated carbocycles. The first-order chi connectivity index (χ1) is 18.0. The van der Waals surface area contributed by atoms with Crippen molar-refractivity contribution in [3.63, 3.8) is 0 Å². The first-order valence-electron chi connectivity index (χ1n) is 15.0. The van der Waals surface area contributed by atoms with E-state index in [2.05, 4.69) is 37.3 Å². The molecule has 0 aliphatic heterocycles. The largest absolute Gasteiger partial charge is 0.299 e. The lowest BCUT2D eigenvalue weighted by molar-refractivity contribution is -0.128. The predicted molar refractivity (Wildman–Crippen MR) is 148 cm³/mol. The SMILES string of the molecule is C[C@]12C[C@H](c3ccc(CCCCCCCCCC#N)cc3)C3=C4CCC(=O)C=C4CC[C@H]3[C@@H]1CCC2=O. The van der Waals surface area contributed by atoms with Crippen LogP contribution in [0.3, 0.4) is 0 Å². The van der Waals surface area contributed by atoms with Gasteiger partial charge in [0.05, 0.1) is 6.07 Å². The topological polar surface area (TPSA) is 57.9 Å². The van der Waals surface area contributed by atoms with E-state index in [1.165, 1.54) is 60.8 Å². The number of nitriles is 1. The van der Waals surface area contributed by atoms with E-state index in [-0.39, 0.29) is 11.2 Å². The van der Waals surface area contributed by atoms with Crippen molar-refractivity contribution in [3.8, 4) is 6.07 Å². The lowest BCUT2D eigenvalue weighted by Gasteiger charge is -2.50. The van der Waals surface area contributed by atoms with Gasteiger partial charge in [-0.05, 0) is 91.6 Å². The minimum Gasteiger partial charge on any atom is -0.299 e. The Balaban J connectivity index is 1.28. The minimum absolute atomic E-state index is 0.196. The summed E-state index contributed by atoms with van der Waals surface area (Å²) in [5.41, 5.74) is 6.94. The van der Waals surface area contributed by atoms with Gasteiger partial charge >= 0.3 is 0 Å². The lowest BCUT2D eigenvalue weighted by Crippen LogP contribution is -2.43. The van der Waals surface area contributed by atoms with Crippen molar-refractivity contribution >= 4 is 11.6 Å². The predicted octanol–water partition coefficient (Wildman–Crippen LogP) is 8.34. The molecular weight excluding hydrogens is 454 g/mol. The molecule has 0 unspecified atom stereocenters. The van der Waals surface area contributed by atoms with Gasteiger partial charge < -0.3 is 0 Å². The molecule has 4 atom stereocenters. The Hall–Kier alpha value is -2.47. The molecule has 2 fully saturated rings. The van der Waals surface area contributed by atoms with Crippen molar-refractivity contribution in [1.29, 1.82) is 5.26 Å². The number of carbonyl (C=O) groups excluding carboxylic acids is 2. The molecule has 0 radical (unpaired) electrons. The average Bonchev–Trinajstić information content (AvgIpc) is 3.21. The van der Waals surface area contributed by atoms with Crippen LogP contribution in [0.25, 0.3) is 0 Å². The molecule has 5 rings (SSSR count). The van der Waals surface area contributed by atoms with Gasteiger partial charge in [-0.1, -0.05) is 68.9 Å². The zero-order valence-corrected chi connectivity index (χ0v) is 22.7. The molecule has 196 valence electrons. The standard InChI is InChI=1S/C34H43NO2/c1-34-23-30(25-13-11-24(12-14-25)10-8-6-4-2-3-5-7-9-21-35)33-28-18-16-27(36)22-26(28)15-17-29(33)31(34)19-20-32(34)37/h11-14,22,29-31H,2-10,15-20,23H2,1H3/t29-,30+,31-,34-/m0/s1. The Bertz CT molecular complexity index is 1120. The maximum Gasteiger partial charge on any atom is 0.156 e. The van der Waals surface area contributed by atoms with Crippen molar-refractivity contribution in [1.82, 2.24) is 0 Å². The van der Waals surface area contributed by atoms with Crippen molar-refractivity contribution < 1.29 is 9.59 Å². The Morgan fingerprint density at radius 1 is 0.892 bits per heavy atom. The summed E-state index contributed by atoms with van der Waals surface area (Å²) in [5.74, 6) is 2.04. The number of hydrogen-bond acceptors (Lipinski definition) is 3. The lowest BCUT2D eigenvalue weighted by atomic mass is 9.53. The van der Waals surface area contributed by atoms with Crippen LogP contribution in [0.1, 0.15) is 120 Å². The third-order valence-corrected chi connectivity index (χ3v) is 10.1. The van der Waals surface area contributed by atoms with Crippen LogP contribution in [-0.2, 0) is 16.0 Å². The molecule has 0 spiro atoms. The smallest absolute Gasteiger partial charge is 0.156 e. The normalized spacial score (nSPS) is 28.9. The van der Waals surface area contributed by atoms with Crippen LogP contribution >= 0.6 is 0 Å². The second-order valence-corrected chi connectivity index (χ2v) is 12.3. The summed E-state index contributed by atoms with van der Waals surface area (Å²) in [6, 6.07) is 11.6. The van der Waals surface area contributed by atoms with Crippen molar-refractivity contribution in [3.05, 3.63) is 58.2 Å². The molecule has 4 aliphatic carbocycles. The second-order valence-electron chi connectivity index (χ2n) is 12.3. The molecule has 0 aromatic heterocycles. The van der Waals surface area contributed by atoms with Crippen molar-refractivity contribution in [2.75, 3.05) is 0 Å². The number of allylic oxidation sites excluding steroid dienone is 4. The first-order valence-corrected chi connectivity index (χ1v) is 15.0. The number of Topliss-reactive ketones (excluding diaryl/α,β-unsaturated/α-hetero) is 1. The van der Waals surface area contributed by atoms with Gasteiger partial charge in [-0.15, -0.1) is 0 Å². The van der Waals surface area contributed by atoms with E-state index >= 15 is 0 Å². The van der Waals surface area contributed by atoms with Gasteiger partial charge in [0.1, 0.15) is 5.78 Å².